The third-order valence-electron chi connectivity index (χ3n) is 3.28. The standard InChI is InChI=1S/C15H25N3O2/c1-11(2)20-14-10-12(3)17-15(18-14)19-9-7-13-6-4-5-8-16-13/h10-11,13,16H,4-9H2,1-3H3. The van der Waals surface area contributed by atoms with Crippen molar-refractivity contribution in [2.75, 3.05) is 13.2 Å². The third kappa shape index (κ3) is 4.96. The van der Waals surface area contributed by atoms with Gasteiger partial charge in [-0.2, -0.15) is 4.98 Å². The van der Waals surface area contributed by atoms with Gasteiger partial charge in [0.25, 0.3) is 0 Å². The van der Waals surface area contributed by atoms with Crippen LogP contribution in [0.3, 0.4) is 0 Å². The Morgan fingerprint density at radius 1 is 1.35 bits per heavy atom. The molecule has 5 heteroatoms. The van der Waals surface area contributed by atoms with E-state index in [1.54, 1.807) is 0 Å². The van der Waals surface area contributed by atoms with Crippen molar-refractivity contribution < 1.29 is 9.47 Å². The zero-order chi connectivity index (χ0) is 14.4. The zero-order valence-electron chi connectivity index (χ0n) is 12.7. The van der Waals surface area contributed by atoms with Gasteiger partial charge in [-0.3, -0.25) is 0 Å². The molecule has 20 heavy (non-hydrogen) atoms. The lowest BCUT2D eigenvalue weighted by Gasteiger charge is -2.23. The normalized spacial score (nSPS) is 19.1. The lowest BCUT2D eigenvalue weighted by molar-refractivity contribution is 0.218. The van der Waals surface area contributed by atoms with E-state index in [1.165, 1.54) is 19.3 Å². The van der Waals surface area contributed by atoms with Crippen LogP contribution < -0.4 is 14.8 Å². The first kappa shape index (κ1) is 15.0. The summed E-state index contributed by atoms with van der Waals surface area (Å²) in [5.41, 5.74) is 0.862. The van der Waals surface area contributed by atoms with Crippen LogP contribution in [0.2, 0.25) is 0 Å². The molecule has 2 heterocycles. The molecule has 1 unspecified atom stereocenters. The van der Waals surface area contributed by atoms with Gasteiger partial charge in [0.05, 0.1) is 12.7 Å². The maximum absolute atomic E-state index is 5.67. The number of piperidine rings is 1. The number of nitrogens with zero attached hydrogens (tertiary/aromatic N) is 2. The average molecular weight is 279 g/mol. The molecule has 1 saturated heterocycles. The molecular formula is C15H25N3O2. The Bertz CT molecular complexity index is 418. The van der Waals surface area contributed by atoms with Crippen LogP contribution in [0.1, 0.15) is 45.2 Å². The molecule has 2 rings (SSSR count). The fourth-order valence-corrected chi connectivity index (χ4v) is 2.34. The van der Waals surface area contributed by atoms with Gasteiger partial charge in [-0.25, -0.2) is 4.98 Å². The van der Waals surface area contributed by atoms with E-state index in [0.717, 1.165) is 18.7 Å². The summed E-state index contributed by atoms with van der Waals surface area (Å²) in [6.07, 6.45) is 4.93. The Kier molecular flexibility index (Phi) is 5.59. The minimum atomic E-state index is 0.101. The van der Waals surface area contributed by atoms with Crippen molar-refractivity contribution in [2.24, 2.45) is 0 Å². The Balaban J connectivity index is 1.83. The van der Waals surface area contributed by atoms with Crippen molar-refractivity contribution in [3.8, 4) is 11.9 Å². The number of nitrogens with one attached hydrogen (secondary N) is 1. The molecule has 0 bridgehead atoms. The van der Waals surface area contributed by atoms with Crippen molar-refractivity contribution in [3.63, 3.8) is 0 Å². The van der Waals surface area contributed by atoms with Gasteiger partial charge in [-0.1, -0.05) is 6.42 Å². The molecule has 1 aromatic heterocycles. The number of aryl methyl sites for hydroxylation is 1. The third-order valence-corrected chi connectivity index (χ3v) is 3.28. The second-order valence-corrected chi connectivity index (χ2v) is 5.58. The number of hydrogen-bond acceptors (Lipinski definition) is 5. The van der Waals surface area contributed by atoms with Crippen LogP contribution in [0.5, 0.6) is 11.9 Å². The highest BCUT2D eigenvalue weighted by atomic mass is 16.5. The van der Waals surface area contributed by atoms with Gasteiger partial charge in [0.1, 0.15) is 0 Å². The molecule has 112 valence electrons. The second kappa shape index (κ2) is 7.43. The molecule has 1 fully saturated rings. The topological polar surface area (TPSA) is 56.3 Å². The monoisotopic (exact) mass is 279 g/mol. The summed E-state index contributed by atoms with van der Waals surface area (Å²) >= 11 is 0. The first-order valence-electron chi connectivity index (χ1n) is 7.52. The van der Waals surface area contributed by atoms with Gasteiger partial charge >= 0.3 is 6.01 Å². The predicted molar refractivity (Wildman–Crippen MR) is 78.3 cm³/mol. The van der Waals surface area contributed by atoms with E-state index >= 15 is 0 Å². The van der Waals surface area contributed by atoms with Crippen molar-refractivity contribution in [1.82, 2.24) is 15.3 Å². The van der Waals surface area contributed by atoms with Gasteiger partial charge in [0.15, 0.2) is 0 Å². The molecule has 1 atom stereocenters. The minimum absolute atomic E-state index is 0.101. The zero-order valence-corrected chi connectivity index (χ0v) is 12.7. The van der Waals surface area contributed by atoms with Gasteiger partial charge < -0.3 is 14.8 Å². The first-order chi connectivity index (χ1) is 9.63. The summed E-state index contributed by atoms with van der Waals surface area (Å²) in [7, 11) is 0. The van der Waals surface area contributed by atoms with Gasteiger partial charge in [-0.15, -0.1) is 0 Å². The van der Waals surface area contributed by atoms with Crippen molar-refractivity contribution >= 4 is 0 Å². The summed E-state index contributed by atoms with van der Waals surface area (Å²) in [6, 6.07) is 2.81. The summed E-state index contributed by atoms with van der Waals surface area (Å²) in [5, 5.41) is 3.51. The summed E-state index contributed by atoms with van der Waals surface area (Å²) < 4.78 is 11.3. The SMILES string of the molecule is Cc1cc(OC(C)C)nc(OCCC2CCCCN2)n1. The first-order valence-corrected chi connectivity index (χ1v) is 7.52. The molecule has 0 aliphatic carbocycles. The molecule has 1 aliphatic heterocycles. The largest absolute Gasteiger partial charge is 0.475 e. The predicted octanol–water partition coefficient (Wildman–Crippen LogP) is 2.48. The number of ether oxygens (including phenoxy) is 2. The summed E-state index contributed by atoms with van der Waals surface area (Å²) in [4.78, 5) is 8.57. The van der Waals surface area contributed by atoms with E-state index in [2.05, 4.69) is 15.3 Å². The maximum Gasteiger partial charge on any atom is 0.319 e. The molecule has 0 aromatic carbocycles. The second-order valence-electron chi connectivity index (χ2n) is 5.58. The smallest absolute Gasteiger partial charge is 0.319 e. The van der Waals surface area contributed by atoms with E-state index in [1.807, 2.05) is 26.8 Å². The molecule has 1 aliphatic rings. The fourth-order valence-electron chi connectivity index (χ4n) is 2.34. The van der Waals surface area contributed by atoms with E-state index in [9.17, 15) is 0 Å². The van der Waals surface area contributed by atoms with Crippen LogP contribution >= 0.6 is 0 Å². The highest BCUT2D eigenvalue weighted by Crippen LogP contribution is 2.16. The summed E-state index contributed by atoms with van der Waals surface area (Å²) in [5.74, 6) is 0.582. The van der Waals surface area contributed by atoms with Crippen molar-refractivity contribution in [3.05, 3.63) is 11.8 Å². The highest BCUT2D eigenvalue weighted by Gasteiger charge is 2.13. The Morgan fingerprint density at radius 3 is 2.90 bits per heavy atom. The van der Waals surface area contributed by atoms with Crippen LogP contribution in [0.25, 0.3) is 0 Å². The molecule has 1 aromatic rings. The lowest BCUT2D eigenvalue weighted by atomic mass is 10.0. The number of rotatable bonds is 6. The van der Waals surface area contributed by atoms with Crippen LogP contribution in [0.4, 0.5) is 0 Å². The van der Waals surface area contributed by atoms with Crippen molar-refractivity contribution in [2.45, 2.75) is 58.6 Å². The van der Waals surface area contributed by atoms with Crippen molar-refractivity contribution in [1.29, 1.82) is 0 Å². The quantitative estimate of drug-likeness (QED) is 0.867. The van der Waals surface area contributed by atoms with Gasteiger partial charge in [0, 0.05) is 17.8 Å². The molecule has 0 radical (unpaired) electrons. The van der Waals surface area contributed by atoms with Crippen LogP contribution in [-0.2, 0) is 0 Å². The van der Waals surface area contributed by atoms with E-state index < -0.39 is 0 Å². The van der Waals surface area contributed by atoms with E-state index in [4.69, 9.17) is 9.47 Å². The Hall–Kier alpha value is -1.36. The molecule has 0 saturated carbocycles. The van der Waals surface area contributed by atoms with Gasteiger partial charge in [0.2, 0.25) is 5.88 Å². The number of aromatic nitrogens is 2. The molecule has 5 nitrogen and oxygen atoms in total. The Morgan fingerprint density at radius 2 is 2.20 bits per heavy atom. The average Bonchev–Trinajstić information content (AvgIpc) is 2.38. The van der Waals surface area contributed by atoms with Crippen LogP contribution in [0, 0.1) is 6.92 Å². The van der Waals surface area contributed by atoms with Crippen LogP contribution in [-0.4, -0.2) is 35.3 Å². The fraction of sp³-hybridized carbons (Fsp3) is 0.733. The van der Waals surface area contributed by atoms with Crippen LogP contribution in [0.15, 0.2) is 6.07 Å². The molecule has 0 amide bonds. The highest BCUT2D eigenvalue weighted by molar-refractivity contribution is 5.17. The Labute approximate surface area is 121 Å². The number of hydrogen-bond donors (Lipinski definition) is 1. The van der Waals surface area contributed by atoms with E-state index in [-0.39, 0.29) is 6.10 Å². The van der Waals surface area contributed by atoms with E-state index in [0.29, 0.717) is 24.5 Å². The van der Waals surface area contributed by atoms with Gasteiger partial charge in [-0.05, 0) is 46.6 Å². The maximum atomic E-state index is 5.67. The summed E-state index contributed by atoms with van der Waals surface area (Å²) in [6.45, 7) is 7.64. The lowest BCUT2D eigenvalue weighted by Crippen LogP contribution is -2.35. The molecule has 0 spiro atoms. The molecular weight excluding hydrogens is 254 g/mol. The molecule has 1 N–H and O–H groups in total. The minimum Gasteiger partial charge on any atom is -0.475 e.